The first-order chi connectivity index (χ1) is 10.3. The molecule has 1 aromatic rings. The fourth-order valence-electron chi connectivity index (χ4n) is 1.97. The van der Waals surface area contributed by atoms with Gasteiger partial charge in [-0.1, -0.05) is 19.1 Å². The third-order valence-corrected chi connectivity index (χ3v) is 3.04. The van der Waals surface area contributed by atoms with Gasteiger partial charge in [-0.2, -0.15) is 0 Å². The van der Waals surface area contributed by atoms with Gasteiger partial charge in [-0.3, -0.25) is 4.79 Å². The highest BCUT2D eigenvalue weighted by molar-refractivity contribution is 6.15. The van der Waals surface area contributed by atoms with E-state index >= 15 is 0 Å². The molecular weight excluding hydrogens is 286 g/mol. The van der Waals surface area contributed by atoms with Crippen LogP contribution in [0.25, 0.3) is 0 Å². The van der Waals surface area contributed by atoms with Gasteiger partial charge in [-0.25, -0.2) is 9.59 Å². The summed E-state index contributed by atoms with van der Waals surface area (Å²) in [6.45, 7) is 4.71. The van der Waals surface area contributed by atoms with Gasteiger partial charge in [0.2, 0.25) is 0 Å². The van der Waals surface area contributed by atoms with Gasteiger partial charge in [0.05, 0.1) is 0 Å². The molecule has 6 nitrogen and oxygen atoms in total. The number of anilines is 1. The van der Waals surface area contributed by atoms with Crippen LogP contribution in [-0.4, -0.2) is 23.5 Å². The van der Waals surface area contributed by atoms with Crippen LogP contribution in [0.1, 0.15) is 37.6 Å². The quantitative estimate of drug-likeness (QED) is 0.398. The second-order valence-electron chi connectivity index (χ2n) is 5.20. The first kappa shape index (κ1) is 15.8. The second kappa shape index (κ2) is 6.01. The Morgan fingerprint density at radius 2 is 1.77 bits per heavy atom. The number of carbonyl (C=O) groups is 3. The van der Waals surface area contributed by atoms with Crippen LogP contribution in [0.3, 0.4) is 0 Å². The van der Waals surface area contributed by atoms with Crippen LogP contribution >= 0.6 is 0 Å². The molecule has 0 aliphatic carbocycles. The molecule has 1 aromatic carbocycles. The Morgan fingerprint density at radius 1 is 1.18 bits per heavy atom. The van der Waals surface area contributed by atoms with Crippen LogP contribution < -0.4 is 5.32 Å². The van der Waals surface area contributed by atoms with Crippen molar-refractivity contribution in [1.82, 2.24) is 0 Å². The van der Waals surface area contributed by atoms with E-state index in [1.54, 1.807) is 31.2 Å². The molecule has 0 radical (unpaired) electrons. The molecule has 0 saturated carbocycles. The highest BCUT2D eigenvalue weighted by Gasteiger charge is 2.38. The number of para-hydroxylation sites is 1. The zero-order valence-corrected chi connectivity index (χ0v) is 12.6. The molecule has 1 fully saturated rings. The van der Waals surface area contributed by atoms with Crippen molar-refractivity contribution in [3.63, 3.8) is 0 Å². The number of hydrogen-bond acceptors (Lipinski definition) is 6. The predicted molar refractivity (Wildman–Crippen MR) is 79.0 cm³/mol. The van der Waals surface area contributed by atoms with E-state index in [1.165, 1.54) is 20.0 Å². The molecule has 22 heavy (non-hydrogen) atoms. The van der Waals surface area contributed by atoms with Gasteiger partial charge < -0.3 is 14.8 Å². The zero-order chi connectivity index (χ0) is 16.3. The number of ketones is 1. The summed E-state index contributed by atoms with van der Waals surface area (Å²) in [4.78, 5) is 35.5. The van der Waals surface area contributed by atoms with Gasteiger partial charge in [0.15, 0.2) is 11.4 Å². The lowest BCUT2D eigenvalue weighted by Gasteiger charge is -2.29. The average Bonchev–Trinajstić information content (AvgIpc) is 2.44. The maximum Gasteiger partial charge on any atom is 0.350 e. The van der Waals surface area contributed by atoms with Crippen LogP contribution in [0.4, 0.5) is 5.69 Å². The number of ether oxygens (including phenoxy) is 2. The van der Waals surface area contributed by atoms with Crippen LogP contribution in [0, 0.1) is 0 Å². The molecule has 1 heterocycles. The van der Waals surface area contributed by atoms with Crippen molar-refractivity contribution < 1.29 is 23.9 Å². The number of esters is 2. The molecule has 0 aromatic heterocycles. The maximum atomic E-state index is 11.9. The van der Waals surface area contributed by atoms with Crippen LogP contribution in [-0.2, 0) is 19.1 Å². The summed E-state index contributed by atoms with van der Waals surface area (Å²) in [5.41, 5.74) is 0.741. The van der Waals surface area contributed by atoms with E-state index in [1.807, 2.05) is 0 Å². The Morgan fingerprint density at radius 3 is 2.36 bits per heavy atom. The molecule has 2 rings (SSSR count). The Bertz CT molecular complexity index is 638. The number of hydrogen-bond donors (Lipinski definition) is 1. The lowest BCUT2D eigenvalue weighted by atomic mass is 10.1. The van der Waals surface area contributed by atoms with Crippen LogP contribution in [0.5, 0.6) is 0 Å². The minimum atomic E-state index is -1.28. The smallest absolute Gasteiger partial charge is 0.350 e. The fraction of sp³-hybridized carbons (Fsp3) is 0.312. The van der Waals surface area contributed by atoms with Crippen LogP contribution in [0.15, 0.2) is 36.0 Å². The molecule has 6 heteroatoms. The lowest BCUT2D eigenvalue weighted by molar-refractivity contribution is -0.222. The van der Waals surface area contributed by atoms with Crippen molar-refractivity contribution in [2.45, 2.75) is 33.0 Å². The largest absolute Gasteiger partial charge is 0.419 e. The van der Waals surface area contributed by atoms with Crippen LogP contribution in [0.2, 0.25) is 0 Å². The monoisotopic (exact) mass is 303 g/mol. The summed E-state index contributed by atoms with van der Waals surface area (Å²) in [6, 6.07) is 6.84. The molecule has 1 saturated heterocycles. The van der Waals surface area contributed by atoms with Crippen molar-refractivity contribution in [1.29, 1.82) is 0 Å². The van der Waals surface area contributed by atoms with E-state index in [0.717, 1.165) is 0 Å². The van der Waals surface area contributed by atoms with Gasteiger partial charge in [-0.05, 0) is 12.1 Å². The standard InChI is InChI=1S/C16H17NO5/c1-4-13(18)10-7-5-6-8-12(10)17-9-11-14(19)21-16(2,3)22-15(11)20/h5-9,17H,4H2,1-3H3. The Balaban J connectivity index is 2.24. The molecule has 116 valence electrons. The lowest BCUT2D eigenvalue weighted by Crippen LogP contribution is -2.42. The number of rotatable bonds is 4. The summed E-state index contributed by atoms with van der Waals surface area (Å²) in [6.07, 6.45) is 1.55. The third kappa shape index (κ3) is 3.33. The van der Waals surface area contributed by atoms with Crippen molar-refractivity contribution in [3.05, 3.63) is 41.6 Å². The molecule has 0 bridgehead atoms. The normalized spacial score (nSPS) is 16.6. The average molecular weight is 303 g/mol. The van der Waals surface area contributed by atoms with Gasteiger partial charge in [-0.15, -0.1) is 0 Å². The summed E-state index contributed by atoms with van der Waals surface area (Å²) >= 11 is 0. The highest BCUT2D eigenvalue weighted by Crippen LogP contribution is 2.23. The highest BCUT2D eigenvalue weighted by atomic mass is 16.7. The first-order valence-corrected chi connectivity index (χ1v) is 6.89. The molecule has 0 amide bonds. The van der Waals surface area contributed by atoms with Crippen molar-refractivity contribution in [2.75, 3.05) is 5.32 Å². The molecule has 0 atom stereocenters. The Hall–Kier alpha value is -2.63. The number of cyclic esters (lactones) is 2. The summed E-state index contributed by atoms with van der Waals surface area (Å²) < 4.78 is 9.97. The minimum absolute atomic E-state index is 0.0450. The Kier molecular flexibility index (Phi) is 4.30. The summed E-state index contributed by atoms with van der Waals surface area (Å²) in [5, 5.41) is 2.80. The van der Waals surface area contributed by atoms with Crippen molar-refractivity contribution in [2.24, 2.45) is 0 Å². The Labute approximate surface area is 128 Å². The maximum absolute atomic E-state index is 11.9. The topological polar surface area (TPSA) is 81.7 Å². The molecular formula is C16H17NO5. The van der Waals surface area contributed by atoms with E-state index < -0.39 is 17.7 Å². The zero-order valence-electron chi connectivity index (χ0n) is 12.6. The van der Waals surface area contributed by atoms with E-state index in [9.17, 15) is 14.4 Å². The predicted octanol–water partition coefficient (Wildman–Crippen LogP) is 2.41. The first-order valence-electron chi connectivity index (χ1n) is 6.89. The van der Waals surface area contributed by atoms with Crippen molar-refractivity contribution in [3.8, 4) is 0 Å². The molecule has 0 unspecified atom stereocenters. The van der Waals surface area contributed by atoms with E-state index in [0.29, 0.717) is 17.7 Å². The molecule has 1 aliphatic heterocycles. The SMILES string of the molecule is CCC(=O)c1ccccc1NC=C1C(=O)OC(C)(C)OC1=O. The van der Waals surface area contributed by atoms with E-state index in [-0.39, 0.29) is 11.4 Å². The number of nitrogens with one attached hydrogen (secondary N) is 1. The number of benzene rings is 1. The number of carbonyl (C=O) groups excluding carboxylic acids is 3. The molecule has 0 spiro atoms. The molecule has 1 N–H and O–H groups in total. The summed E-state index contributed by atoms with van der Waals surface area (Å²) in [7, 11) is 0. The van der Waals surface area contributed by atoms with E-state index in [4.69, 9.17) is 9.47 Å². The minimum Gasteiger partial charge on any atom is -0.419 e. The van der Waals surface area contributed by atoms with Gasteiger partial charge in [0.1, 0.15) is 0 Å². The van der Waals surface area contributed by atoms with E-state index in [2.05, 4.69) is 5.32 Å². The van der Waals surface area contributed by atoms with Crippen molar-refractivity contribution >= 4 is 23.4 Å². The second-order valence-corrected chi connectivity index (χ2v) is 5.20. The molecule has 1 aliphatic rings. The number of Topliss-reactive ketones (excluding diaryl/α,β-unsaturated/α-hetero) is 1. The fourth-order valence-corrected chi connectivity index (χ4v) is 1.97. The van der Waals surface area contributed by atoms with Gasteiger partial charge in [0.25, 0.3) is 5.79 Å². The van der Waals surface area contributed by atoms with Gasteiger partial charge in [0, 0.05) is 37.7 Å². The third-order valence-electron chi connectivity index (χ3n) is 3.04. The summed E-state index contributed by atoms with van der Waals surface area (Å²) in [5.74, 6) is -2.86. The van der Waals surface area contributed by atoms with Gasteiger partial charge >= 0.3 is 11.9 Å².